The maximum atomic E-state index is 5.37. The maximum absolute atomic E-state index is 5.37. The third kappa shape index (κ3) is 3.99. The van der Waals surface area contributed by atoms with Crippen molar-refractivity contribution in [3.05, 3.63) is 29.3 Å². The van der Waals surface area contributed by atoms with Crippen LogP contribution in [-0.4, -0.2) is 39.4 Å². The van der Waals surface area contributed by atoms with E-state index in [-0.39, 0.29) is 5.54 Å². The monoisotopic (exact) mass is 391 g/mol. The molecule has 7 nitrogen and oxygen atoms in total. The molecule has 3 rings (SSSR count). The minimum absolute atomic E-state index is 0.154. The Hall–Kier alpha value is -2.13. The molecule has 0 aliphatic rings. The number of rotatable bonds is 6. The fourth-order valence-corrected chi connectivity index (χ4v) is 4.18. The van der Waals surface area contributed by atoms with Gasteiger partial charge >= 0.3 is 0 Å². The van der Waals surface area contributed by atoms with Crippen molar-refractivity contribution < 1.29 is 9.47 Å². The van der Waals surface area contributed by atoms with Crippen molar-refractivity contribution in [1.29, 1.82) is 0 Å². The summed E-state index contributed by atoms with van der Waals surface area (Å²) in [4.78, 5) is 4.73. The van der Waals surface area contributed by atoms with Crippen LogP contribution in [0.3, 0.4) is 0 Å². The third-order valence-electron chi connectivity index (χ3n) is 3.61. The van der Waals surface area contributed by atoms with Gasteiger partial charge in [0, 0.05) is 16.7 Å². The van der Waals surface area contributed by atoms with E-state index in [1.165, 1.54) is 0 Å². The quantitative estimate of drug-likeness (QED) is 0.591. The van der Waals surface area contributed by atoms with E-state index in [2.05, 4.69) is 41.7 Å². The number of methoxy groups -OCH3 is 2. The van der Waals surface area contributed by atoms with E-state index >= 15 is 0 Å². The van der Waals surface area contributed by atoms with Gasteiger partial charge in [-0.1, -0.05) is 11.8 Å². The standard InChI is InChI=1S/C17H21N5O2S2/c1-17(2,3)22-16(19-20-21-22)26-10-12-9-25-15(18-12)11-6-7-13(23-4)14(8-11)24-5/h6-9H,10H2,1-5H3. The Bertz CT molecular complexity index is 885. The Labute approximate surface area is 160 Å². The van der Waals surface area contributed by atoms with Gasteiger partial charge < -0.3 is 9.47 Å². The zero-order chi connectivity index (χ0) is 18.7. The van der Waals surface area contributed by atoms with E-state index in [1.54, 1.807) is 37.3 Å². The molecule has 138 valence electrons. The largest absolute Gasteiger partial charge is 0.493 e. The number of thiazole rings is 1. The van der Waals surface area contributed by atoms with Gasteiger partial charge in [0.05, 0.1) is 25.5 Å². The first-order valence-electron chi connectivity index (χ1n) is 8.01. The van der Waals surface area contributed by atoms with Crippen LogP contribution in [0, 0.1) is 0 Å². The van der Waals surface area contributed by atoms with Crippen LogP contribution in [0.25, 0.3) is 10.6 Å². The van der Waals surface area contributed by atoms with Crippen molar-refractivity contribution in [2.24, 2.45) is 0 Å². The van der Waals surface area contributed by atoms with Gasteiger partial charge in [-0.2, -0.15) is 0 Å². The van der Waals surface area contributed by atoms with Crippen molar-refractivity contribution in [3.63, 3.8) is 0 Å². The van der Waals surface area contributed by atoms with Crippen LogP contribution >= 0.6 is 23.1 Å². The zero-order valence-electron chi connectivity index (χ0n) is 15.4. The lowest BCUT2D eigenvalue weighted by Crippen LogP contribution is -2.24. The summed E-state index contributed by atoms with van der Waals surface area (Å²) < 4.78 is 12.5. The second kappa shape index (κ2) is 7.63. The molecule has 0 saturated heterocycles. The van der Waals surface area contributed by atoms with Gasteiger partial charge in [-0.3, -0.25) is 0 Å². The summed E-state index contributed by atoms with van der Waals surface area (Å²) in [5.41, 5.74) is 1.84. The molecule has 0 radical (unpaired) electrons. The van der Waals surface area contributed by atoms with Gasteiger partial charge in [0.1, 0.15) is 5.01 Å². The Kier molecular flexibility index (Phi) is 5.47. The highest BCUT2D eigenvalue weighted by atomic mass is 32.2. The normalized spacial score (nSPS) is 11.6. The van der Waals surface area contributed by atoms with E-state index in [1.807, 2.05) is 22.9 Å². The molecule has 0 aliphatic carbocycles. The van der Waals surface area contributed by atoms with Gasteiger partial charge in [-0.15, -0.1) is 16.4 Å². The summed E-state index contributed by atoms with van der Waals surface area (Å²) in [6.07, 6.45) is 0. The van der Waals surface area contributed by atoms with Crippen molar-refractivity contribution in [2.75, 3.05) is 14.2 Å². The molecule has 0 atom stereocenters. The number of nitrogens with zero attached hydrogens (tertiary/aromatic N) is 5. The van der Waals surface area contributed by atoms with Crippen molar-refractivity contribution in [2.45, 2.75) is 37.2 Å². The van der Waals surface area contributed by atoms with E-state index in [9.17, 15) is 0 Å². The molecular formula is C17H21N5O2S2. The van der Waals surface area contributed by atoms with Gasteiger partial charge in [0.15, 0.2) is 11.5 Å². The Morgan fingerprint density at radius 1 is 1.15 bits per heavy atom. The molecule has 0 saturated carbocycles. The number of hydrogen-bond donors (Lipinski definition) is 0. The SMILES string of the molecule is COc1ccc(-c2nc(CSc3nnnn3C(C)(C)C)cs2)cc1OC. The zero-order valence-corrected chi connectivity index (χ0v) is 17.0. The van der Waals surface area contributed by atoms with Crippen LogP contribution in [0.2, 0.25) is 0 Å². The van der Waals surface area contributed by atoms with Crippen LogP contribution in [0.15, 0.2) is 28.7 Å². The van der Waals surface area contributed by atoms with Crippen LogP contribution in [0.5, 0.6) is 11.5 Å². The molecule has 0 fully saturated rings. The molecule has 0 N–H and O–H groups in total. The van der Waals surface area contributed by atoms with E-state index in [0.29, 0.717) is 17.3 Å². The molecule has 9 heteroatoms. The highest BCUT2D eigenvalue weighted by Gasteiger charge is 2.20. The number of hydrogen-bond acceptors (Lipinski definition) is 8. The smallest absolute Gasteiger partial charge is 0.210 e. The molecule has 0 spiro atoms. The minimum Gasteiger partial charge on any atom is -0.493 e. The Morgan fingerprint density at radius 2 is 1.92 bits per heavy atom. The molecule has 0 amide bonds. The lowest BCUT2D eigenvalue weighted by molar-refractivity contribution is 0.321. The first-order chi connectivity index (χ1) is 12.4. The average molecular weight is 392 g/mol. The topological polar surface area (TPSA) is 75.0 Å². The van der Waals surface area contributed by atoms with E-state index < -0.39 is 0 Å². The minimum atomic E-state index is -0.154. The second-order valence-electron chi connectivity index (χ2n) is 6.55. The lowest BCUT2D eigenvalue weighted by Gasteiger charge is -2.19. The highest BCUT2D eigenvalue weighted by Crippen LogP contribution is 2.34. The summed E-state index contributed by atoms with van der Waals surface area (Å²) in [6.45, 7) is 6.22. The average Bonchev–Trinajstić information content (AvgIpc) is 3.28. The molecule has 1 aromatic carbocycles. The fraction of sp³-hybridized carbons (Fsp3) is 0.412. The number of aromatic nitrogens is 5. The third-order valence-corrected chi connectivity index (χ3v) is 5.50. The predicted octanol–water partition coefficient (Wildman–Crippen LogP) is 3.86. The molecular weight excluding hydrogens is 370 g/mol. The second-order valence-corrected chi connectivity index (χ2v) is 8.35. The highest BCUT2D eigenvalue weighted by molar-refractivity contribution is 7.98. The van der Waals surface area contributed by atoms with Crippen molar-refractivity contribution >= 4 is 23.1 Å². The molecule has 0 bridgehead atoms. The summed E-state index contributed by atoms with van der Waals surface area (Å²) in [5.74, 6) is 2.11. The van der Waals surface area contributed by atoms with Crippen LogP contribution in [-0.2, 0) is 11.3 Å². The maximum Gasteiger partial charge on any atom is 0.210 e. The lowest BCUT2D eigenvalue weighted by atomic mass is 10.1. The fourth-order valence-electron chi connectivity index (χ4n) is 2.30. The number of benzene rings is 1. The molecule has 0 unspecified atom stereocenters. The summed E-state index contributed by atoms with van der Waals surface area (Å²) in [5, 5.41) is 15.8. The van der Waals surface area contributed by atoms with Gasteiger partial charge in [0.25, 0.3) is 0 Å². The van der Waals surface area contributed by atoms with Gasteiger partial charge in [-0.25, -0.2) is 9.67 Å². The number of tetrazole rings is 1. The molecule has 2 aromatic heterocycles. The number of ether oxygens (including phenoxy) is 2. The summed E-state index contributed by atoms with van der Waals surface area (Å²) >= 11 is 3.19. The Balaban J connectivity index is 1.74. The van der Waals surface area contributed by atoms with Crippen LogP contribution in [0.4, 0.5) is 0 Å². The predicted molar refractivity (Wildman–Crippen MR) is 103 cm³/mol. The van der Waals surface area contributed by atoms with Crippen LogP contribution in [0.1, 0.15) is 26.5 Å². The van der Waals surface area contributed by atoms with Gasteiger partial charge in [0.2, 0.25) is 5.16 Å². The first-order valence-corrected chi connectivity index (χ1v) is 9.87. The summed E-state index contributed by atoms with van der Waals surface area (Å²) in [6, 6.07) is 5.81. The summed E-state index contributed by atoms with van der Waals surface area (Å²) in [7, 11) is 3.26. The van der Waals surface area contributed by atoms with Crippen molar-refractivity contribution in [3.8, 4) is 22.1 Å². The van der Waals surface area contributed by atoms with Gasteiger partial charge in [-0.05, 0) is 49.4 Å². The van der Waals surface area contributed by atoms with Crippen molar-refractivity contribution in [1.82, 2.24) is 25.2 Å². The molecule has 0 aliphatic heterocycles. The van der Waals surface area contributed by atoms with Crippen LogP contribution < -0.4 is 9.47 Å². The number of thioether (sulfide) groups is 1. The Morgan fingerprint density at radius 3 is 2.62 bits per heavy atom. The first kappa shape index (κ1) is 18.7. The molecule has 26 heavy (non-hydrogen) atoms. The van der Waals surface area contributed by atoms with E-state index in [0.717, 1.165) is 21.4 Å². The van der Waals surface area contributed by atoms with E-state index in [4.69, 9.17) is 14.5 Å². The molecule has 3 aromatic rings. The molecule has 2 heterocycles.